The molecule has 0 fully saturated rings. The second kappa shape index (κ2) is 6.34. The van der Waals surface area contributed by atoms with E-state index in [2.05, 4.69) is 26.2 Å². The maximum absolute atomic E-state index is 3.70. The molecular formula is C10H16. The molecule has 0 saturated carbocycles. The predicted molar refractivity (Wildman–Crippen MR) is 47.9 cm³/mol. The number of hydrogen-bond acceptors (Lipinski definition) is 0. The standard InChI is InChI=1S/C10H16/c1-4-7-9-10(6-3)8-5-2/h4-5,7,9-10H,1-2,6,8H2,3H3. The zero-order valence-electron chi connectivity index (χ0n) is 6.72. The second-order valence-corrected chi connectivity index (χ2v) is 2.31. The minimum absolute atomic E-state index is 0.649. The summed E-state index contributed by atoms with van der Waals surface area (Å²) in [7, 11) is 0. The molecule has 0 saturated heterocycles. The zero-order chi connectivity index (χ0) is 7.82. The van der Waals surface area contributed by atoms with Crippen molar-refractivity contribution in [2.75, 3.05) is 0 Å². The van der Waals surface area contributed by atoms with Gasteiger partial charge in [0.1, 0.15) is 0 Å². The summed E-state index contributed by atoms with van der Waals surface area (Å²) < 4.78 is 0. The van der Waals surface area contributed by atoms with Crippen LogP contribution >= 0.6 is 0 Å². The fourth-order valence-corrected chi connectivity index (χ4v) is 0.831. The molecule has 0 aliphatic rings. The highest BCUT2D eigenvalue weighted by Crippen LogP contribution is 2.09. The lowest BCUT2D eigenvalue weighted by Gasteiger charge is -2.03. The van der Waals surface area contributed by atoms with Gasteiger partial charge >= 0.3 is 0 Å². The first-order valence-corrected chi connectivity index (χ1v) is 3.75. The Morgan fingerprint density at radius 1 is 1.40 bits per heavy atom. The maximum Gasteiger partial charge on any atom is -0.0199 e. The van der Waals surface area contributed by atoms with Gasteiger partial charge in [-0.25, -0.2) is 0 Å². The summed E-state index contributed by atoms with van der Waals surface area (Å²) in [4.78, 5) is 0. The van der Waals surface area contributed by atoms with E-state index in [4.69, 9.17) is 0 Å². The fraction of sp³-hybridized carbons (Fsp3) is 0.400. The zero-order valence-corrected chi connectivity index (χ0v) is 6.72. The monoisotopic (exact) mass is 136 g/mol. The molecule has 0 nitrogen and oxygen atoms in total. The van der Waals surface area contributed by atoms with Crippen molar-refractivity contribution in [3.8, 4) is 0 Å². The summed E-state index contributed by atoms with van der Waals surface area (Å²) in [5.41, 5.74) is 0. The van der Waals surface area contributed by atoms with Crippen LogP contribution in [0.15, 0.2) is 37.5 Å². The molecule has 0 spiro atoms. The minimum atomic E-state index is 0.649. The van der Waals surface area contributed by atoms with E-state index >= 15 is 0 Å². The summed E-state index contributed by atoms with van der Waals surface area (Å²) in [6.45, 7) is 9.49. The van der Waals surface area contributed by atoms with Crippen molar-refractivity contribution in [1.82, 2.24) is 0 Å². The van der Waals surface area contributed by atoms with E-state index in [1.165, 1.54) is 6.42 Å². The lowest BCUT2D eigenvalue weighted by molar-refractivity contribution is 0.639. The van der Waals surface area contributed by atoms with Gasteiger partial charge in [0.15, 0.2) is 0 Å². The molecule has 0 aliphatic heterocycles. The molecular weight excluding hydrogens is 120 g/mol. The van der Waals surface area contributed by atoms with Crippen LogP contribution in [0.5, 0.6) is 0 Å². The summed E-state index contributed by atoms with van der Waals surface area (Å²) >= 11 is 0. The average Bonchev–Trinajstić information content (AvgIpc) is 1.98. The van der Waals surface area contributed by atoms with E-state index in [1.807, 2.05) is 18.2 Å². The SMILES string of the molecule is C=CC=CC(CC)CC=C. The Bertz CT molecular complexity index is 120. The largest absolute Gasteiger partial charge is 0.103 e. The first kappa shape index (κ1) is 9.22. The van der Waals surface area contributed by atoms with E-state index < -0.39 is 0 Å². The molecule has 1 unspecified atom stereocenters. The molecule has 10 heavy (non-hydrogen) atoms. The third-order valence-corrected chi connectivity index (χ3v) is 1.51. The van der Waals surface area contributed by atoms with Gasteiger partial charge < -0.3 is 0 Å². The summed E-state index contributed by atoms with van der Waals surface area (Å²) in [5, 5.41) is 0. The average molecular weight is 136 g/mol. The second-order valence-electron chi connectivity index (χ2n) is 2.31. The third-order valence-electron chi connectivity index (χ3n) is 1.51. The first-order chi connectivity index (χ1) is 4.85. The molecule has 1 atom stereocenters. The minimum Gasteiger partial charge on any atom is -0.103 e. The molecule has 0 aromatic rings. The molecule has 0 aromatic heterocycles. The van der Waals surface area contributed by atoms with Gasteiger partial charge in [0, 0.05) is 0 Å². The van der Waals surface area contributed by atoms with Crippen molar-refractivity contribution >= 4 is 0 Å². The van der Waals surface area contributed by atoms with Gasteiger partial charge in [-0.05, 0) is 18.8 Å². The highest BCUT2D eigenvalue weighted by atomic mass is 14.0. The topological polar surface area (TPSA) is 0 Å². The van der Waals surface area contributed by atoms with Crippen molar-refractivity contribution in [3.05, 3.63) is 37.5 Å². The van der Waals surface area contributed by atoms with Crippen LogP contribution in [-0.4, -0.2) is 0 Å². The molecule has 0 heterocycles. The molecule has 0 aliphatic carbocycles. The van der Waals surface area contributed by atoms with Crippen LogP contribution in [0.4, 0.5) is 0 Å². The van der Waals surface area contributed by atoms with Crippen LogP contribution in [0.1, 0.15) is 19.8 Å². The van der Waals surface area contributed by atoms with E-state index in [9.17, 15) is 0 Å². The Labute approximate surface area is 64.0 Å². The highest BCUT2D eigenvalue weighted by Gasteiger charge is 1.95. The van der Waals surface area contributed by atoms with Gasteiger partial charge in [-0.2, -0.15) is 0 Å². The van der Waals surface area contributed by atoms with Gasteiger partial charge in [-0.15, -0.1) is 6.58 Å². The summed E-state index contributed by atoms with van der Waals surface area (Å²) in [6.07, 6.45) is 10.2. The smallest absolute Gasteiger partial charge is 0.0199 e. The van der Waals surface area contributed by atoms with Crippen LogP contribution in [-0.2, 0) is 0 Å². The van der Waals surface area contributed by atoms with Crippen molar-refractivity contribution in [2.24, 2.45) is 5.92 Å². The first-order valence-electron chi connectivity index (χ1n) is 3.75. The summed E-state index contributed by atoms with van der Waals surface area (Å²) in [5.74, 6) is 0.649. The predicted octanol–water partition coefficient (Wildman–Crippen LogP) is 3.33. The fourth-order valence-electron chi connectivity index (χ4n) is 0.831. The van der Waals surface area contributed by atoms with Crippen molar-refractivity contribution in [2.45, 2.75) is 19.8 Å². The molecule has 0 aromatic carbocycles. The van der Waals surface area contributed by atoms with E-state index in [0.717, 1.165) is 6.42 Å². The van der Waals surface area contributed by atoms with Gasteiger partial charge in [-0.3, -0.25) is 0 Å². The molecule has 0 rings (SSSR count). The van der Waals surface area contributed by atoms with E-state index in [1.54, 1.807) is 0 Å². The lowest BCUT2D eigenvalue weighted by atomic mass is 10.0. The molecule has 56 valence electrons. The number of allylic oxidation sites excluding steroid dienone is 4. The van der Waals surface area contributed by atoms with Crippen LogP contribution in [0.3, 0.4) is 0 Å². The third kappa shape index (κ3) is 4.13. The van der Waals surface area contributed by atoms with Crippen molar-refractivity contribution < 1.29 is 0 Å². The lowest BCUT2D eigenvalue weighted by Crippen LogP contribution is -1.90. The van der Waals surface area contributed by atoms with Gasteiger partial charge in [-0.1, -0.05) is 37.8 Å². The number of rotatable bonds is 5. The molecule has 0 bridgehead atoms. The normalized spacial score (nSPS) is 13.3. The molecule has 0 N–H and O–H groups in total. The van der Waals surface area contributed by atoms with Crippen LogP contribution in [0, 0.1) is 5.92 Å². The molecule has 0 amide bonds. The Hall–Kier alpha value is -0.780. The Balaban J connectivity index is 3.68. The van der Waals surface area contributed by atoms with Crippen LogP contribution < -0.4 is 0 Å². The molecule has 0 radical (unpaired) electrons. The van der Waals surface area contributed by atoms with Crippen molar-refractivity contribution in [1.29, 1.82) is 0 Å². The maximum atomic E-state index is 3.70. The van der Waals surface area contributed by atoms with Gasteiger partial charge in [0.25, 0.3) is 0 Å². The number of hydrogen-bond donors (Lipinski definition) is 0. The van der Waals surface area contributed by atoms with Crippen LogP contribution in [0.2, 0.25) is 0 Å². The van der Waals surface area contributed by atoms with Crippen molar-refractivity contribution in [3.63, 3.8) is 0 Å². The van der Waals surface area contributed by atoms with E-state index in [-0.39, 0.29) is 0 Å². The molecule has 0 heteroatoms. The highest BCUT2D eigenvalue weighted by molar-refractivity contribution is 5.00. The van der Waals surface area contributed by atoms with Gasteiger partial charge in [0.05, 0.1) is 0 Å². The quantitative estimate of drug-likeness (QED) is 0.401. The van der Waals surface area contributed by atoms with Crippen LogP contribution in [0.25, 0.3) is 0 Å². The Morgan fingerprint density at radius 2 is 2.10 bits per heavy atom. The Kier molecular flexibility index (Phi) is 5.85. The Morgan fingerprint density at radius 3 is 2.50 bits per heavy atom. The summed E-state index contributed by atoms with van der Waals surface area (Å²) in [6, 6.07) is 0. The van der Waals surface area contributed by atoms with E-state index in [0.29, 0.717) is 5.92 Å². The van der Waals surface area contributed by atoms with Gasteiger partial charge in [0.2, 0.25) is 0 Å².